The molecule has 1 aromatic carbocycles. The maximum Gasteiger partial charge on any atom is 0.222 e. The highest BCUT2D eigenvalue weighted by molar-refractivity contribution is 7.21. The van der Waals surface area contributed by atoms with Gasteiger partial charge in [-0.05, 0) is 24.5 Å². The van der Waals surface area contributed by atoms with Gasteiger partial charge in [-0.1, -0.05) is 43.2 Å². The molecule has 0 spiro atoms. The predicted octanol–water partition coefficient (Wildman–Crippen LogP) is 3.81. The molecule has 4 rings (SSSR count). The number of thiophene rings is 1. The summed E-state index contributed by atoms with van der Waals surface area (Å²) >= 11 is 1.65. The molecule has 1 aliphatic rings. The van der Waals surface area contributed by atoms with Gasteiger partial charge in [0.2, 0.25) is 5.91 Å². The number of fused-ring (bicyclic) bond motifs is 1. The molecule has 0 radical (unpaired) electrons. The Labute approximate surface area is 150 Å². The van der Waals surface area contributed by atoms with Crippen LogP contribution in [0.15, 0.2) is 42.7 Å². The van der Waals surface area contributed by atoms with Crippen molar-refractivity contribution in [2.24, 2.45) is 11.7 Å². The average Bonchev–Trinajstić information content (AvgIpc) is 3.08. The van der Waals surface area contributed by atoms with Crippen LogP contribution in [0.25, 0.3) is 20.7 Å². The maximum absolute atomic E-state index is 11.8. The molecule has 128 valence electrons. The van der Waals surface area contributed by atoms with E-state index in [1.807, 2.05) is 18.2 Å². The Morgan fingerprint density at radius 1 is 1.16 bits per heavy atom. The van der Waals surface area contributed by atoms with E-state index in [0.29, 0.717) is 0 Å². The third-order valence-electron chi connectivity index (χ3n) is 4.84. The molecule has 2 atom stereocenters. The Kier molecular flexibility index (Phi) is 4.36. The summed E-state index contributed by atoms with van der Waals surface area (Å²) in [6.07, 6.45) is 5.53. The molecule has 0 saturated heterocycles. The Morgan fingerprint density at radius 3 is 2.76 bits per heavy atom. The number of benzene rings is 1. The highest BCUT2D eigenvalue weighted by Crippen LogP contribution is 2.36. The van der Waals surface area contributed by atoms with Gasteiger partial charge in [-0.2, -0.15) is 0 Å². The van der Waals surface area contributed by atoms with Crippen LogP contribution in [-0.2, 0) is 4.79 Å². The molecule has 1 fully saturated rings. The van der Waals surface area contributed by atoms with E-state index in [9.17, 15) is 4.79 Å². The van der Waals surface area contributed by atoms with E-state index in [4.69, 9.17) is 5.73 Å². The summed E-state index contributed by atoms with van der Waals surface area (Å²) in [7, 11) is 0. The van der Waals surface area contributed by atoms with Crippen LogP contribution in [0.3, 0.4) is 0 Å². The third-order valence-corrected chi connectivity index (χ3v) is 5.93. The van der Waals surface area contributed by atoms with E-state index in [1.165, 1.54) is 5.56 Å². The summed E-state index contributed by atoms with van der Waals surface area (Å²) in [5.41, 5.74) is 6.76. The lowest BCUT2D eigenvalue weighted by Crippen LogP contribution is -2.40. The second kappa shape index (κ2) is 6.80. The molecule has 1 saturated carbocycles. The van der Waals surface area contributed by atoms with Crippen LogP contribution in [0.4, 0.5) is 5.82 Å². The largest absolute Gasteiger partial charge is 0.369 e. The van der Waals surface area contributed by atoms with Crippen molar-refractivity contribution in [3.05, 3.63) is 42.7 Å². The van der Waals surface area contributed by atoms with Crippen molar-refractivity contribution in [2.75, 3.05) is 5.32 Å². The molecule has 2 aromatic heterocycles. The van der Waals surface area contributed by atoms with Crippen molar-refractivity contribution in [2.45, 2.75) is 31.7 Å². The first-order valence-electron chi connectivity index (χ1n) is 8.58. The number of hydrogen-bond donors (Lipinski definition) is 2. The normalized spacial score (nSPS) is 20.5. The van der Waals surface area contributed by atoms with Gasteiger partial charge in [0.05, 0.1) is 11.3 Å². The van der Waals surface area contributed by atoms with Crippen molar-refractivity contribution >= 4 is 33.3 Å². The first-order chi connectivity index (χ1) is 12.2. The zero-order valence-corrected chi connectivity index (χ0v) is 14.6. The minimum atomic E-state index is -0.224. The molecule has 0 bridgehead atoms. The van der Waals surface area contributed by atoms with Gasteiger partial charge in [-0.15, -0.1) is 11.3 Å². The fraction of sp³-hybridized carbons (Fsp3) is 0.316. The fourth-order valence-corrected chi connectivity index (χ4v) is 4.54. The topological polar surface area (TPSA) is 80.9 Å². The zero-order chi connectivity index (χ0) is 17.2. The van der Waals surface area contributed by atoms with Crippen LogP contribution in [0.1, 0.15) is 25.7 Å². The molecule has 5 nitrogen and oxygen atoms in total. The third kappa shape index (κ3) is 3.22. The smallest absolute Gasteiger partial charge is 0.222 e. The predicted molar refractivity (Wildman–Crippen MR) is 101 cm³/mol. The number of nitrogens with zero attached hydrogens (tertiary/aromatic N) is 2. The maximum atomic E-state index is 11.8. The number of carbonyl (C=O) groups excluding carboxylic acids is 1. The minimum absolute atomic E-state index is 0.0458. The molecule has 25 heavy (non-hydrogen) atoms. The molecule has 6 heteroatoms. The molecule has 3 aromatic rings. The summed E-state index contributed by atoms with van der Waals surface area (Å²) in [6.45, 7) is 0. The highest BCUT2D eigenvalue weighted by Gasteiger charge is 2.30. The first-order valence-corrected chi connectivity index (χ1v) is 9.40. The number of nitrogens with one attached hydrogen (secondary N) is 1. The van der Waals surface area contributed by atoms with Crippen LogP contribution in [0, 0.1) is 5.92 Å². The number of amides is 1. The lowest BCUT2D eigenvalue weighted by Gasteiger charge is -2.30. The number of carbonyl (C=O) groups is 1. The summed E-state index contributed by atoms with van der Waals surface area (Å²) < 4.78 is 0. The lowest BCUT2D eigenvalue weighted by molar-refractivity contribution is -0.122. The molecule has 1 amide bonds. The van der Waals surface area contributed by atoms with E-state index < -0.39 is 0 Å². The molecule has 3 N–H and O–H groups in total. The summed E-state index contributed by atoms with van der Waals surface area (Å²) in [4.78, 5) is 22.7. The molecular formula is C19H20N4OS. The van der Waals surface area contributed by atoms with Crippen LogP contribution >= 0.6 is 11.3 Å². The molecule has 1 aliphatic carbocycles. The summed E-state index contributed by atoms with van der Waals surface area (Å²) in [6, 6.07) is 12.4. The summed E-state index contributed by atoms with van der Waals surface area (Å²) in [5.74, 6) is 0.436. The molecule has 0 aliphatic heterocycles. The molecular weight excluding hydrogens is 332 g/mol. The van der Waals surface area contributed by atoms with Crippen LogP contribution in [-0.4, -0.2) is 21.9 Å². The Balaban J connectivity index is 1.68. The van der Waals surface area contributed by atoms with Crippen molar-refractivity contribution in [1.29, 1.82) is 0 Å². The Hall–Kier alpha value is -2.47. The standard InChI is InChI=1S/C19H20N4OS/c20-17(24)13-8-4-5-9-15(13)23-18-14-10-16(12-6-2-1-3-7-12)25-19(14)22-11-21-18/h1-3,6-7,10-11,13,15H,4-5,8-9H2,(H2,20,24)(H,21,22,23). The van der Waals surface area contributed by atoms with Gasteiger partial charge in [0.1, 0.15) is 17.0 Å². The van der Waals surface area contributed by atoms with Crippen LogP contribution in [0.2, 0.25) is 0 Å². The van der Waals surface area contributed by atoms with E-state index >= 15 is 0 Å². The van der Waals surface area contributed by atoms with E-state index in [2.05, 4.69) is 33.5 Å². The van der Waals surface area contributed by atoms with Crippen molar-refractivity contribution in [3.8, 4) is 10.4 Å². The van der Waals surface area contributed by atoms with Crippen LogP contribution < -0.4 is 11.1 Å². The molecule has 2 unspecified atom stereocenters. The van der Waals surface area contributed by atoms with E-state index in [-0.39, 0.29) is 17.9 Å². The monoisotopic (exact) mass is 352 g/mol. The number of nitrogens with two attached hydrogens (primary N) is 1. The van der Waals surface area contributed by atoms with Gasteiger partial charge >= 0.3 is 0 Å². The van der Waals surface area contributed by atoms with E-state index in [1.54, 1.807) is 17.7 Å². The van der Waals surface area contributed by atoms with Crippen molar-refractivity contribution in [3.63, 3.8) is 0 Å². The number of rotatable bonds is 4. The SMILES string of the molecule is NC(=O)C1CCCCC1Nc1ncnc2sc(-c3ccccc3)cc12. The molecule has 2 heterocycles. The van der Waals surface area contributed by atoms with Gasteiger partial charge < -0.3 is 11.1 Å². The van der Waals surface area contributed by atoms with Gasteiger partial charge in [0.15, 0.2) is 0 Å². The van der Waals surface area contributed by atoms with Gasteiger partial charge in [-0.25, -0.2) is 9.97 Å². The van der Waals surface area contributed by atoms with E-state index in [0.717, 1.165) is 46.6 Å². The average molecular weight is 352 g/mol. The lowest BCUT2D eigenvalue weighted by atomic mass is 9.84. The number of primary amides is 1. The van der Waals surface area contributed by atoms with Crippen molar-refractivity contribution < 1.29 is 4.79 Å². The summed E-state index contributed by atoms with van der Waals surface area (Å²) in [5, 5.41) is 4.47. The highest BCUT2D eigenvalue weighted by atomic mass is 32.1. The van der Waals surface area contributed by atoms with Crippen molar-refractivity contribution in [1.82, 2.24) is 9.97 Å². The Morgan fingerprint density at radius 2 is 1.96 bits per heavy atom. The second-order valence-electron chi connectivity index (χ2n) is 6.46. The van der Waals surface area contributed by atoms with Gasteiger partial charge in [0, 0.05) is 10.9 Å². The minimum Gasteiger partial charge on any atom is -0.369 e. The first kappa shape index (κ1) is 16.0. The number of anilines is 1. The van der Waals surface area contributed by atoms with Crippen LogP contribution in [0.5, 0.6) is 0 Å². The Bertz CT molecular complexity index is 893. The quantitative estimate of drug-likeness (QED) is 0.748. The van der Waals surface area contributed by atoms with Gasteiger partial charge in [0.25, 0.3) is 0 Å². The number of hydrogen-bond acceptors (Lipinski definition) is 5. The van der Waals surface area contributed by atoms with Gasteiger partial charge in [-0.3, -0.25) is 4.79 Å². The zero-order valence-electron chi connectivity index (χ0n) is 13.8. The number of aromatic nitrogens is 2. The fourth-order valence-electron chi connectivity index (χ4n) is 3.54. The second-order valence-corrected chi connectivity index (χ2v) is 7.49.